The van der Waals surface area contributed by atoms with E-state index in [0.29, 0.717) is 0 Å². The zero-order chi connectivity index (χ0) is 10.3. The first-order chi connectivity index (χ1) is 6.11. The van der Waals surface area contributed by atoms with E-state index in [1.807, 2.05) is 0 Å². The summed E-state index contributed by atoms with van der Waals surface area (Å²) in [4.78, 5) is 32.1. The average Bonchev–Trinajstić information content (AvgIpc) is 2.13. The minimum Gasteiger partial charge on any atom is -0.463 e. The third-order valence-electron chi connectivity index (χ3n) is 1.17. The normalized spacial score (nSPS) is 9.08. The van der Waals surface area contributed by atoms with Gasteiger partial charge in [-0.15, -0.1) is 0 Å². The monoisotopic (exact) mass is 189 g/mol. The fourth-order valence-corrected chi connectivity index (χ4v) is 0.590. The maximum Gasteiger partial charge on any atom is 0.374 e. The number of carbonyl (C=O) groups is 3. The van der Waals surface area contributed by atoms with Crippen molar-refractivity contribution in [2.45, 2.75) is 6.42 Å². The fourth-order valence-electron chi connectivity index (χ4n) is 0.590. The van der Waals surface area contributed by atoms with Crippen molar-refractivity contribution in [3.63, 3.8) is 0 Å². The minimum atomic E-state index is -1.04. The van der Waals surface area contributed by atoms with Gasteiger partial charge in [0, 0.05) is 6.54 Å². The van der Waals surface area contributed by atoms with Gasteiger partial charge in [0.25, 0.3) is 0 Å². The lowest BCUT2D eigenvalue weighted by Crippen LogP contribution is -2.30. The Morgan fingerprint density at radius 1 is 1.38 bits per heavy atom. The Balaban J connectivity index is 3.78. The van der Waals surface area contributed by atoms with Gasteiger partial charge < -0.3 is 15.2 Å². The molecule has 0 aromatic carbocycles. The smallest absolute Gasteiger partial charge is 0.374 e. The second-order valence-corrected chi connectivity index (χ2v) is 2.17. The molecule has 0 rings (SSSR count). The molecule has 0 atom stereocenters. The third kappa shape index (κ3) is 4.91. The van der Waals surface area contributed by atoms with E-state index in [1.165, 1.54) is 0 Å². The number of esters is 1. The highest BCUT2D eigenvalue weighted by Crippen LogP contribution is 1.86. The number of aliphatic hydroxyl groups is 1. The van der Waals surface area contributed by atoms with Crippen LogP contribution in [0.2, 0.25) is 0 Å². The molecule has 0 aliphatic carbocycles. The Bertz CT molecular complexity index is 213. The van der Waals surface area contributed by atoms with E-state index < -0.39 is 24.1 Å². The molecule has 0 bridgehead atoms. The summed E-state index contributed by atoms with van der Waals surface area (Å²) in [6.07, 6.45) is -0.549. The zero-order valence-electron chi connectivity index (χ0n) is 7.20. The Kier molecular flexibility index (Phi) is 5.45. The lowest BCUT2D eigenvalue weighted by molar-refractivity contribution is -0.152. The van der Waals surface area contributed by atoms with Crippen molar-refractivity contribution in [3.05, 3.63) is 0 Å². The van der Waals surface area contributed by atoms with E-state index in [4.69, 9.17) is 5.11 Å². The zero-order valence-corrected chi connectivity index (χ0v) is 7.20. The SMILES string of the molecule is COC(=O)C(=O)CC(=O)NCCO. The van der Waals surface area contributed by atoms with Gasteiger partial charge in [-0.2, -0.15) is 0 Å². The van der Waals surface area contributed by atoms with E-state index in [2.05, 4.69) is 10.1 Å². The maximum atomic E-state index is 10.8. The van der Waals surface area contributed by atoms with Crippen LogP contribution >= 0.6 is 0 Å². The van der Waals surface area contributed by atoms with Crippen LogP contribution in [0.4, 0.5) is 0 Å². The topological polar surface area (TPSA) is 92.7 Å². The third-order valence-corrected chi connectivity index (χ3v) is 1.17. The van der Waals surface area contributed by atoms with Gasteiger partial charge in [0.15, 0.2) is 0 Å². The first kappa shape index (κ1) is 11.6. The Hall–Kier alpha value is -1.43. The summed E-state index contributed by atoms with van der Waals surface area (Å²) in [7, 11) is 1.06. The number of methoxy groups -OCH3 is 1. The number of amides is 1. The highest BCUT2D eigenvalue weighted by atomic mass is 16.5. The van der Waals surface area contributed by atoms with Crippen molar-refractivity contribution in [1.82, 2.24) is 5.32 Å². The minimum absolute atomic E-state index is 0.0628. The van der Waals surface area contributed by atoms with Gasteiger partial charge in [0.05, 0.1) is 20.1 Å². The lowest BCUT2D eigenvalue weighted by atomic mass is 10.3. The molecule has 1 amide bonds. The number of carbonyl (C=O) groups excluding carboxylic acids is 3. The van der Waals surface area contributed by atoms with E-state index >= 15 is 0 Å². The molecule has 6 nitrogen and oxygen atoms in total. The van der Waals surface area contributed by atoms with Crippen LogP contribution in [0, 0.1) is 0 Å². The van der Waals surface area contributed by atoms with Crippen LogP contribution in [0.15, 0.2) is 0 Å². The highest BCUT2D eigenvalue weighted by molar-refractivity contribution is 6.36. The molecule has 13 heavy (non-hydrogen) atoms. The van der Waals surface area contributed by atoms with E-state index in [-0.39, 0.29) is 13.2 Å². The average molecular weight is 189 g/mol. The Labute approximate surface area is 74.9 Å². The summed E-state index contributed by atoms with van der Waals surface area (Å²) in [5.74, 6) is -2.55. The van der Waals surface area contributed by atoms with Gasteiger partial charge in [-0.25, -0.2) is 4.79 Å². The molecule has 0 fully saturated rings. The van der Waals surface area contributed by atoms with Crippen LogP contribution in [0.25, 0.3) is 0 Å². The number of nitrogens with one attached hydrogen (secondary N) is 1. The molecule has 0 spiro atoms. The predicted molar refractivity (Wildman–Crippen MR) is 41.7 cm³/mol. The van der Waals surface area contributed by atoms with Gasteiger partial charge in [-0.3, -0.25) is 9.59 Å². The highest BCUT2D eigenvalue weighted by Gasteiger charge is 2.17. The second-order valence-electron chi connectivity index (χ2n) is 2.17. The summed E-state index contributed by atoms with van der Waals surface area (Å²) in [5.41, 5.74) is 0. The summed E-state index contributed by atoms with van der Waals surface area (Å²) in [6, 6.07) is 0. The standard InChI is InChI=1S/C7H11NO5/c1-13-7(12)5(10)4-6(11)8-2-3-9/h9H,2-4H2,1H3,(H,8,11). The molecular weight excluding hydrogens is 178 g/mol. The van der Waals surface area contributed by atoms with Crippen molar-refractivity contribution < 1.29 is 24.2 Å². The molecule has 0 unspecified atom stereocenters. The van der Waals surface area contributed by atoms with Crippen molar-refractivity contribution in [2.24, 2.45) is 0 Å². The van der Waals surface area contributed by atoms with Crippen LogP contribution in [0.3, 0.4) is 0 Å². The molecule has 0 saturated carbocycles. The molecule has 0 radical (unpaired) electrons. The van der Waals surface area contributed by atoms with Crippen LogP contribution < -0.4 is 5.32 Å². The van der Waals surface area contributed by atoms with Gasteiger partial charge in [-0.1, -0.05) is 0 Å². The number of hydrogen-bond acceptors (Lipinski definition) is 5. The predicted octanol–water partition coefficient (Wildman–Crippen LogP) is -1.77. The molecule has 6 heteroatoms. The number of ketones is 1. The lowest BCUT2D eigenvalue weighted by Gasteiger charge is -2.00. The van der Waals surface area contributed by atoms with Crippen LogP contribution in [-0.2, 0) is 19.1 Å². The van der Waals surface area contributed by atoms with E-state index in [1.54, 1.807) is 0 Å². The van der Waals surface area contributed by atoms with E-state index in [9.17, 15) is 14.4 Å². The molecule has 74 valence electrons. The van der Waals surface area contributed by atoms with Gasteiger partial charge in [-0.05, 0) is 0 Å². The molecule has 0 aliphatic heterocycles. The number of hydrogen-bond donors (Lipinski definition) is 2. The molecule has 0 heterocycles. The largest absolute Gasteiger partial charge is 0.463 e. The van der Waals surface area contributed by atoms with Crippen molar-refractivity contribution >= 4 is 17.7 Å². The molecular formula is C7H11NO5. The van der Waals surface area contributed by atoms with E-state index in [0.717, 1.165) is 7.11 Å². The van der Waals surface area contributed by atoms with Crippen molar-refractivity contribution in [3.8, 4) is 0 Å². The number of aliphatic hydroxyl groups excluding tert-OH is 1. The van der Waals surface area contributed by atoms with Gasteiger partial charge in [0.2, 0.25) is 11.7 Å². The maximum absolute atomic E-state index is 10.8. The molecule has 2 N–H and O–H groups in total. The molecule has 0 aliphatic rings. The molecule has 0 aromatic heterocycles. The summed E-state index contributed by atoms with van der Waals surface area (Å²) in [6.45, 7) is -0.147. The van der Waals surface area contributed by atoms with Gasteiger partial charge >= 0.3 is 5.97 Å². The second kappa shape index (κ2) is 6.13. The van der Waals surface area contributed by atoms with Crippen molar-refractivity contribution in [2.75, 3.05) is 20.3 Å². The van der Waals surface area contributed by atoms with Crippen LogP contribution in [0.5, 0.6) is 0 Å². The number of Topliss-reactive ketones (excluding diaryl/α,β-unsaturated/α-hetero) is 1. The van der Waals surface area contributed by atoms with Crippen LogP contribution in [0.1, 0.15) is 6.42 Å². The van der Waals surface area contributed by atoms with Crippen molar-refractivity contribution in [1.29, 1.82) is 0 Å². The Morgan fingerprint density at radius 2 is 2.00 bits per heavy atom. The van der Waals surface area contributed by atoms with Gasteiger partial charge in [0.1, 0.15) is 0 Å². The number of ether oxygens (including phenoxy) is 1. The summed E-state index contributed by atoms with van der Waals surface area (Å²) in [5, 5.41) is 10.5. The Morgan fingerprint density at radius 3 is 2.46 bits per heavy atom. The molecule has 0 aromatic rings. The molecule has 0 saturated heterocycles. The summed E-state index contributed by atoms with van der Waals surface area (Å²) >= 11 is 0. The van der Waals surface area contributed by atoms with Crippen LogP contribution in [-0.4, -0.2) is 43.0 Å². The number of rotatable bonds is 5. The quantitative estimate of drug-likeness (QED) is 0.303. The summed E-state index contributed by atoms with van der Waals surface area (Å²) < 4.78 is 4.10. The first-order valence-electron chi connectivity index (χ1n) is 3.60. The first-order valence-corrected chi connectivity index (χ1v) is 3.60. The fraction of sp³-hybridized carbons (Fsp3) is 0.571.